The van der Waals surface area contributed by atoms with Crippen LogP contribution in [0.4, 0.5) is 0 Å². The highest BCUT2D eigenvalue weighted by Gasteiger charge is 2.46. The van der Waals surface area contributed by atoms with Crippen molar-refractivity contribution in [3.8, 4) is 27.9 Å². The summed E-state index contributed by atoms with van der Waals surface area (Å²) in [5.41, 5.74) is 17.4. The van der Waals surface area contributed by atoms with E-state index in [9.17, 15) is 0 Å². The molecule has 0 bridgehead atoms. The molecule has 0 spiro atoms. The van der Waals surface area contributed by atoms with E-state index in [4.69, 9.17) is 0 Å². The number of rotatable bonds is 4. The number of benzene rings is 10. The number of fused-ring (bicyclic) bond motifs is 7. The lowest BCUT2D eigenvalue weighted by molar-refractivity contribution is 0.767. The summed E-state index contributed by atoms with van der Waals surface area (Å²) in [5.74, 6) is 0. The summed E-state index contributed by atoms with van der Waals surface area (Å²) < 4.78 is 2.47. The van der Waals surface area contributed by atoms with Crippen LogP contribution in [-0.4, -0.2) is 4.57 Å². The fourth-order valence-electron chi connectivity index (χ4n) is 9.75. The number of para-hydroxylation sites is 1. The highest BCUT2D eigenvalue weighted by molar-refractivity contribution is 6.10. The van der Waals surface area contributed by atoms with Crippen LogP contribution in [0.1, 0.15) is 38.9 Å². The van der Waals surface area contributed by atoms with Gasteiger partial charge in [0, 0.05) is 16.5 Å². The van der Waals surface area contributed by atoms with E-state index >= 15 is 0 Å². The van der Waals surface area contributed by atoms with Gasteiger partial charge in [-0.1, -0.05) is 230 Å². The van der Waals surface area contributed by atoms with E-state index < -0.39 is 5.41 Å². The van der Waals surface area contributed by atoms with Gasteiger partial charge in [-0.15, -0.1) is 0 Å². The fourth-order valence-corrected chi connectivity index (χ4v) is 9.75. The molecule has 10 aromatic carbocycles. The molecular formula is C62H49N. The summed E-state index contributed by atoms with van der Waals surface area (Å²) in [6, 6.07) is 87.8. The predicted molar refractivity (Wildman–Crippen MR) is 268 cm³/mol. The monoisotopic (exact) mass is 807 g/mol. The number of nitrogens with zero attached hydrogens (tertiary/aromatic N) is 1. The zero-order chi connectivity index (χ0) is 42.8. The van der Waals surface area contributed by atoms with Gasteiger partial charge in [0.05, 0.1) is 16.4 Å². The largest absolute Gasteiger partial charge is 0.309 e. The van der Waals surface area contributed by atoms with Gasteiger partial charge < -0.3 is 4.57 Å². The molecule has 0 aliphatic heterocycles. The molecule has 0 atom stereocenters. The molecule has 0 saturated heterocycles. The van der Waals surface area contributed by atoms with Gasteiger partial charge in [0.2, 0.25) is 0 Å². The van der Waals surface area contributed by atoms with Crippen LogP contribution in [-0.2, 0) is 5.41 Å². The van der Waals surface area contributed by atoms with E-state index in [1.807, 2.05) is 18.2 Å². The van der Waals surface area contributed by atoms with Crippen molar-refractivity contribution in [3.05, 3.63) is 282 Å². The summed E-state index contributed by atoms with van der Waals surface area (Å²) in [4.78, 5) is 0. The van der Waals surface area contributed by atoms with Gasteiger partial charge in [-0.25, -0.2) is 0 Å². The highest BCUT2D eigenvalue weighted by atomic mass is 15.0. The summed E-state index contributed by atoms with van der Waals surface area (Å²) in [5, 5.41) is 5.22. The Bertz CT molecular complexity index is 3310. The molecule has 302 valence electrons. The van der Waals surface area contributed by atoms with Crippen LogP contribution in [0, 0.1) is 20.8 Å². The number of hydrogen-bond donors (Lipinski definition) is 0. The van der Waals surface area contributed by atoms with Crippen LogP contribution >= 0.6 is 0 Å². The molecule has 1 heterocycles. The minimum absolute atomic E-state index is 0.435. The minimum atomic E-state index is -0.435. The van der Waals surface area contributed by atoms with E-state index in [0.717, 1.165) is 0 Å². The number of hydrogen-bond acceptors (Lipinski definition) is 0. The van der Waals surface area contributed by atoms with E-state index in [1.165, 1.54) is 99.5 Å². The molecule has 1 nitrogen and oxygen atoms in total. The maximum atomic E-state index is 2.47. The van der Waals surface area contributed by atoms with Gasteiger partial charge in [0.1, 0.15) is 0 Å². The zero-order valence-corrected chi connectivity index (χ0v) is 36.0. The Hall–Kier alpha value is -7.74. The molecule has 0 fully saturated rings. The molecule has 0 amide bonds. The van der Waals surface area contributed by atoms with Crippen molar-refractivity contribution < 1.29 is 0 Å². The van der Waals surface area contributed by atoms with Crippen molar-refractivity contribution in [2.24, 2.45) is 0 Å². The molecule has 11 aromatic rings. The molecule has 12 rings (SSSR count). The van der Waals surface area contributed by atoms with Crippen LogP contribution < -0.4 is 0 Å². The van der Waals surface area contributed by atoms with Crippen LogP contribution in [0.25, 0.3) is 60.5 Å². The standard InChI is InChI=1S/C44H31N.C11H10.C7H8/c1-30-13-12-14-31(27-30)32-23-25-39-38-20-9-11-22-42(38)45(43(39)28-32)35-24-26-37-36-19-8-10-21-40(36)44(41(37)29-35,33-15-4-2-5-16-33)34-17-6-3-7-18-34;1-9-5-4-7-10-6-2-3-8-11(9)10;1-7-5-3-2-4-6-7/h2-29H,1H3;2-8H,1H3;2-6H,1H3. The first-order valence-electron chi connectivity index (χ1n) is 21.9. The number of aryl methyl sites for hydroxylation is 3. The Kier molecular flexibility index (Phi) is 10.6. The minimum Gasteiger partial charge on any atom is -0.309 e. The Balaban J connectivity index is 0.000000216. The molecule has 63 heavy (non-hydrogen) atoms. The molecule has 1 aliphatic rings. The molecule has 1 aliphatic carbocycles. The topological polar surface area (TPSA) is 4.93 Å². The molecule has 0 N–H and O–H groups in total. The maximum Gasteiger partial charge on any atom is 0.0714 e. The lowest BCUT2D eigenvalue weighted by Gasteiger charge is -2.34. The summed E-state index contributed by atoms with van der Waals surface area (Å²) in [6.45, 7) is 6.38. The second-order valence-corrected chi connectivity index (χ2v) is 16.7. The average molecular weight is 808 g/mol. The van der Waals surface area contributed by atoms with E-state index in [2.05, 4.69) is 250 Å². The predicted octanol–water partition coefficient (Wildman–Crippen LogP) is 16.3. The van der Waals surface area contributed by atoms with Crippen LogP contribution in [0.2, 0.25) is 0 Å². The SMILES string of the molecule is Cc1cccc(-c2ccc3c4ccccc4n(-c4ccc5c(c4)C(c4ccccc4)(c4ccccc4)c4ccccc4-5)c3c2)c1.Cc1cccc2ccccc12.Cc1ccccc1. The van der Waals surface area contributed by atoms with Gasteiger partial charge in [0.25, 0.3) is 0 Å². The molecule has 0 unspecified atom stereocenters. The Labute approximate surface area is 371 Å². The lowest BCUT2D eigenvalue weighted by Crippen LogP contribution is -2.28. The molecule has 1 heteroatoms. The quantitative estimate of drug-likeness (QED) is 0.167. The Morgan fingerprint density at radius 2 is 0.889 bits per heavy atom. The van der Waals surface area contributed by atoms with Crippen molar-refractivity contribution in [1.82, 2.24) is 4.57 Å². The molecule has 0 saturated carbocycles. The number of aromatic nitrogens is 1. The second-order valence-electron chi connectivity index (χ2n) is 16.7. The second kappa shape index (κ2) is 17.0. The van der Waals surface area contributed by atoms with E-state index in [1.54, 1.807) is 0 Å². The van der Waals surface area contributed by atoms with Gasteiger partial charge >= 0.3 is 0 Å². The summed E-state index contributed by atoms with van der Waals surface area (Å²) >= 11 is 0. The summed E-state index contributed by atoms with van der Waals surface area (Å²) in [6.07, 6.45) is 0. The highest BCUT2D eigenvalue weighted by Crippen LogP contribution is 2.56. The third-order valence-corrected chi connectivity index (χ3v) is 12.7. The van der Waals surface area contributed by atoms with Crippen LogP contribution in [0.5, 0.6) is 0 Å². The smallest absolute Gasteiger partial charge is 0.0714 e. The first-order chi connectivity index (χ1) is 31.0. The van der Waals surface area contributed by atoms with Crippen molar-refractivity contribution in [2.45, 2.75) is 26.2 Å². The van der Waals surface area contributed by atoms with E-state index in [-0.39, 0.29) is 0 Å². The molecule has 0 radical (unpaired) electrons. The van der Waals surface area contributed by atoms with Gasteiger partial charge in [-0.05, 0) is 106 Å². The zero-order valence-electron chi connectivity index (χ0n) is 36.0. The third kappa shape index (κ3) is 7.22. The van der Waals surface area contributed by atoms with Crippen molar-refractivity contribution in [2.75, 3.05) is 0 Å². The van der Waals surface area contributed by atoms with E-state index in [0.29, 0.717) is 0 Å². The van der Waals surface area contributed by atoms with Crippen LogP contribution in [0.3, 0.4) is 0 Å². The van der Waals surface area contributed by atoms with Crippen molar-refractivity contribution in [3.63, 3.8) is 0 Å². The van der Waals surface area contributed by atoms with Crippen LogP contribution in [0.15, 0.2) is 243 Å². The van der Waals surface area contributed by atoms with Gasteiger partial charge in [0.15, 0.2) is 0 Å². The van der Waals surface area contributed by atoms with Gasteiger partial charge in [-0.3, -0.25) is 0 Å². The lowest BCUT2D eigenvalue weighted by atomic mass is 9.67. The molecule has 1 aromatic heterocycles. The first kappa shape index (κ1) is 39.4. The third-order valence-electron chi connectivity index (χ3n) is 12.7. The normalized spacial score (nSPS) is 12.2. The van der Waals surface area contributed by atoms with Gasteiger partial charge in [-0.2, -0.15) is 0 Å². The summed E-state index contributed by atoms with van der Waals surface area (Å²) in [7, 11) is 0. The Morgan fingerprint density at radius 1 is 0.333 bits per heavy atom. The first-order valence-corrected chi connectivity index (χ1v) is 21.9. The Morgan fingerprint density at radius 3 is 1.59 bits per heavy atom. The van der Waals surface area contributed by atoms with Crippen molar-refractivity contribution in [1.29, 1.82) is 0 Å². The fraction of sp³-hybridized carbons (Fsp3) is 0.0645. The maximum absolute atomic E-state index is 2.47. The van der Waals surface area contributed by atoms with Crippen molar-refractivity contribution >= 4 is 32.6 Å². The average Bonchev–Trinajstić information content (AvgIpc) is 3.83. The molecular weight excluding hydrogens is 759 g/mol.